The molecule has 4 nitrogen and oxygen atoms in total. The molecule has 5 heteroatoms. The van der Waals surface area contributed by atoms with Crippen LogP contribution in [0.3, 0.4) is 0 Å². The first-order chi connectivity index (χ1) is 9.26. The van der Waals surface area contributed by atoms with Gasteiger partial charge >= 0.3 is 7.12 Å². The average Bonchev–Trinajstić information content (AvgIpc) is 2.81. The Labute approximate surface area is 111 Å². The van der Waals surface area contributed by atoms with Crippen LogP contribution in [-0.4, -0.2) is 17.2 Å². The lowest BCUT2D eigenvalue weighted by atomic mass is 9.79. The molecule has 0 aliphatic carbocycles. The summed E-state index contributed by atoms with van der Waals surface area (Å²) in [5.74, 6) is 1.34. The SMILES string of the molecule is OCc1ccc(Oc2ccc3c(c2)B(O)OC3)cc1. The summed E-state index contributed by atoms with van der Waals surface area (Å²) in [6.45, 7) is 0.449. The van der Waals surface area contributed by atoms with Gasteiger partial charge in [0.25, 0.3) is 0 Å². The minimum Gasteiger partial charge on any atom is -0.457 e. The number of fused-ring (bicyclic) bond motifs is 1. The fraction of sp³-hybridized carbons (Fsp3) is 0.143. The van der Waals surface area contributed by atoms with E-state index in [1.807, 2.05) is 12.1 Å². The first-order valence-corrected chi connectivity index (χ1v) is 6.06. The largest absolute Gasteiger partial charge is 0.491 e. The lowest BCUT2D eigenvalue weighted by molar-refractivity contribution is 0.275. The Kier molecular flexibility index (Phi) is 3.25. The van der Waals surface area contributed by atoms with Crippen molar-refractivity contribution in [2.24, 2.45) is 0 Å². The van der Waals surface area contributed by atoms with Gasteiger partial charge in [-0.2, -0.15) is 0 Å². The number of aliphatic hydroxyl groups is 1. The molecule has 0 unspecified atom stereocenters. The van der Waals surface area contributed by atoms with Crippen LogP contribution < -0.4 is 10.2 Å². The van der Waals surface area contributed by atoms with Crippen LogP contribution in [0, 0.1) is 0 Å². The third kappa shape index (κ3) is 2.49. The van der Waals surface area contributed by atoms with Crippen LogP contribution in [0.1, 0.15) is 11.1 Å². The molecule has 2 aromatic rings. The molecule has 1 aliphatic heterocycles. The number of aliphatic hydroxyl groups excluding tert-OH is 1. The van der Waals surface area contributed by atoms with Crippen molar-refractivity contribution >= 4 is 12.6 Å². The molecule has 2 N–H and O–H groups in total. The molecular weight excluding hydrogens is 243 g/mol. The van der Waals surface area contributed by atoms with Gasteiger partial charge in [0.15, 0.2) is 0 Å². The topological polar surface area (TPSA) is 58.9 Å². The second-order valence-electron chi connectivity index (χ2n) is 4.43. The highest BCUT2D eigenvalue weighted by molar-refractivity contribution is 6.61. The van der Waals surface area contributed by atoms with Gasteiger partial charge in [-0.15, -0.1) is 0 Å². The molecule has 0 atom stereocenters. The van der Waals surface area contributed by atoms with Crippen LogP contribution in [0.25, 0.3) is 0 Å². The average molecular weight is 256 g/mol. The molecule has 96 valence electrons. The molecule has 0 saturated heterocycles. The van der Waals surface area contributed by atoms with E-state index in [9.17, 15) is 5.02 Å². The second-order valence-corrected chi connectivity index (χ2v) is 4.43. The van der Waals surface area contributed by atoms with Crippen molar-refractivity contribution in [3.05, 3.63) is 53.6 Å². The number of benzene rings is 2. The molecule has 2 aromatic carbocycles. The van der Waals surface area contributed by atoms with Gasteiger partial charge in [0, 0.05) is 0 Å². The second kappa shape index (κ2) is 5.05. The number of rotatable bonds is 3. The first-order valence-electron chi connectivity index (χ1n) is 6.06. The molecule has 0 bridgehead atoms. The van der Waals surface area contributed by atoms with Crippen LogP contribution in [0.2, 0.25) is 0 Å². The van der Waals surface area contributed by atoms with Gasteiger partial charge in [0.2, 0.25) is 0 Å². The maximum Gasteiger partial charge on any atom is 0.491 e. The highest BCUT2D eigenvalue weighted by Crippen LogP contribution is 2.23. The Morgan fingerprint density at radius 3 is 2.58 bits per heavy atom. The Morgan fingerprint density at radius 2 is 1.84 bits per heavy atom. The summed E-state index contributed by atoms with van der Waals surface area (Å²) < 4.78 is 10.8. The molecule has 0 amide bonds. The standard InChI is InChI=1S/C14H13BO4/c16-8-10-1-4-12(5-2-10)19-13-6-3-11-9-18-15(17)14(11)7-13/h1-7,16-17H,8-9H2. The molecule has 3 rings (SSSR count). The summed E-state index contributed by atoms with van der Waals surface area (Å²) in [5, 5.41) is 18.6. The first kappa shape index (κ1) is 12.2. The molecule has 1 aliphatic rings. The van der Waals surface area contributed by atoms with Crippen molar-refractivity contribution in [3.63, 3.8) is 0 Å². The Morgan fingerprint density at radius 1 is 1.11 bits per heavy atom. The summed E-state index contributed by atoms with van der Waals surface area (Å²) in [5.41, 5.74) is 2.57. The molecule has 0 spiro atoms. The Balaban J connectivity index is 1.81. The van der Waals surface area contributed by atoms with Gasteiger partial charge in [-0.3, -0.25) is 0 Å². The van der Waals surface area contributed by atoms with Gasteiger partial charge in [-0.25, -0.2) is 0 Å². The van der Waals surface area contributed by atoms with Gasteiger partial charge < -0.3 is 19.5 Å². The molecule has 1 heterocycles. The predicted octanol–water partition coefficient (Wildman–Crippen LogP) is 1.19. The van der Waals surface area contributed by atoms with E-state index >= 15 is 0 Å². The molecule has 0 radical (unpaired) electrons. The third-order valence-electron chi connectivity index (χ3n) is 3.12. The van der Waals surface area contributed by atoms with Crippen LogP contribution in [0.4, 0.5) is 0 Å². The monoisotopic (exact) mass is 256 g/mol. The van der Waals surface area contributed by atoms with Gasteiger partial charge in [0.05, 0.1) is 13.2 Å². The predicted molar refractivity (Wildman–Crippen MR) is 71.3 cm³/mol. The van der Waals surface area contributed by atoms with E-state index in [4.69, 9.17) is 14.5 Å². The summed E-state index contributed by atoms with van der Waals surface area (Å²) in [4.78, 5) is 0. The minimum atomic E-state index is -0.865. The van der Waals surface area contributed by atoms with E-state index < -0.39 is 7.12 Å². The zero-order valence-corrected chi connectivity index (χ0v) is 10.2. The van der Waals surface area contributed by atoms with Crippen LogP contribution >= 0.6 is 0 Å². The van der Waals surface area contributed by atoms with Gasteiger partial charge in [-0.1, -0.05) is 18.2 Å². The maximum absolute atomic E-state index is 9.63. The highest BCUT2D eigenvalue weighted by Gasteiger charge is 2.27. The molecular formula is C14H13BO4. The number of hydrogen-bond acceptors (Lipinski definition) is 4. The summed E-state index contributed by atoms with van der Waals surface area (Å²) in [7, 11) is -0.865. The van der Waals surface area contributed by atoms with Crippen molar-refractivity contribution < 1.29 is 19.5 Å². The summed E-state index contributed by atoms with van der Waals surface area (Å²) in [6.07, 6.45) is 0. The van der Waals surface area contributed by atoms with E-state index in [0.717, 1.165) is 16.6 Å². The fourth-order valence-electron chi connectivity index (χ4n) is 2.06. The van der Waals surface area contributed by atoms with E-state index in [2.05, 4.69) is 0 Å². The zero-order valence-electron chi connectivity index (χ0n) is 10.2. The summed E-state index contributed by atoms with van der Waals surface area (Å²) in [6, 6.07) is 12.7. The van der Waals surface area contributed by atoms with Gasteiger partial charge in [0.1, 0.15) is 11.5 Å². The van der Waals surface area contributed by atoms with Crippen molar-refractivity contribution in [2.75, 3.05) is 0 Å². The van der Waals surface area contributed by atoms with E-state index in [1.165, 1.54) is 0 Å². The van der Waals surface area contributed by atoms with Crippen molar-refractivity contribution in [2.45, 2.75) is 13.2 Å². The zero-order chi connectivity index (χ0) is 13.2. The molecule has 0 aromatic heterocycles. The molecule has 0 fully saturated rings. The Bertz CT molecular complexity index is 582. The lowest BCUT2D eigenvalue weighted by Gasteiger charge is -2.08. The minimum absolute atomic E-state index is 0.0165. The quantitative estimate of drug-likeness (QED) is 0.810. The summed E-state index contributed by atoms with van der Waals surface area (Å²) >= 11 is 0. The fourth-order valence-corrected chi connectivity index (χ4v) is 2.06. The highest BCUT2D eigenvalue weighted by atomic mass is 16.5. The van der Waals surface area contributed by atoms with Crippen LogP contribution in [0.5, 0.6) is 11.5 Å². The van der Waals surface area contributed by atoms with Gasteiger partial charge in [-0.05, 0) is 40.9 Å². The van der Waals surface area contributed by atoms with E-state index in [0.29, 0.717) is 18.1 Å². The van der Waals surface area contributed by atoms with Crippen molar-refractivity contribution in [3.8, 4) is 11.5 Å². The van der Waals surface area contributed by atoms with E-state index in [-0.39, 0.29) is 6.61 Å². The van der Waals surface area contributed by atoms with Crippen molar-refractivity contribution in [1.82, 2.24) is 0 Å². The Hall–Kier alpha value is -1.82. The normalized spacial score (nSPS) is 13.5. The van der Waals surface area contributed by atoms with Crippen LogP contribution in [-0.2, 0) is 17.9 Å². The van der Waals surface area contributed by atoms with Crippen molar-refractivity contribution in [1.29, 1.82) is 0 Å². The van der Waals surface area contributed by atoms with Crippen LogP contribution in [0.15, 0.2) is 42.5 Å². The van der Waals surface area contributed by atoms with E-state index in [1.54, 1.807) is 30.3 Å². The third-order valence-corrected chi connectivity index (χ3v) is 3.12. The maximum atomic E-state index is 9.63. The number of ether oxygens (including phenoxy) is 1. The number of hydrogen-bond donors (Lipinski definition) is 2. The smallest absolute Gasteiger partial charge is 0.457 e. The lowest BCUT2D eigenvalue weighted by Crippen LogP contribution is -2.27. The molecule has 0 saturated carbocycles. The molecule has 19 heavy (non-hydrogen) atoms.